The predicted octanol–water partition coefficient (Wildman–Crippen LogP) is 2.71. The molecular weight excluding hydrogens is 196 g/mol. The Kier molecular flexibility index (Phi) is 5.65. The second kappa shape index (κ2) is 7.07. The summed E-state index contributed by atoms with van der Waals surface area (Å²) in [5.41, 5.74) is 7.77. The molecule has 0 amide bonds. The summed E-state index contributed by atoms with van der Waals surface area (Å²) in [5.74, 6) is 0. The zero-order valence-corrected chi connectivity index (χ0v) is 10.3. The van der Waals surface area contributed by atoms with Gasteiger partial charge in [0.1, 0.15) is 0 Å². The molecule has 0 atom stereocenters. The van der Waals surface area contributed by atoms with Crippen molar-refractivity contribution in [3.63, 3.8) is 0 Å². The zero-order chi connectivity index (χ0) is 11.8. The molecule has 0 aromatic heterocycles. The van der Waals surface area contributed by atoms with E-state index in [0.29, 0.717) is 0 Å². The lowest BCUT2D eigenvalue weighted by Gasteiger charge is -2.14. The third kappa shape index (κ3) is 4.49. The lowest BCUT2D eigenvalue weighted by Crippen LogP contribution is -2.22. The first-order chi connectivity index (χ1) is 7.76. The molecule has 0 spiro atoms. The average Bonchev–Trinajstić information content (AvgIpc) is 2.32. The fraction of sp³-hybridized carbons (Fsp3) is 0.429. The van der Waals surface area contributed by atoms with Gasteiger partial charge in [0.2, 0.25) is 0 Å². The number of hydrogen-bond donors (Lipinski definition) is 1. The Morgan fingerprint density at radius 3 is 2.25 bits per heavy atom. The van der Waals surface area contributed by atoms with Crippen LogP contribution >= 0.6 is 0 Å². The Labute approximate surface area is 98.8 Å². The highest BCUT2D eigenvalue weighted by atomic mass is 15.1. The van der Waals surface area contributed by atoms with Gasteiger partial charge in [0.05, 0.1) is 0 Å². The maximum absolute atomic E-state index is 5.63. The van der Waals surface area contributed by atoms with Gasteiger partial charge in [-0.3, -0.25) is 0 Å². The summed E-state index contributed by atoms with van der Waals surface area (Å²) in [6.07, 6.45) is 5.45. The smallest absolute Gasteiger partial charge is 0.0314 e. The number of nitrogens with two attached hydrogens (primary N) is 1. The van der Waals surface area contributed by atoms with Crippen molar-refractivity contribution in [1.82, 2.24) is 4.90 Å². The van der Waals surface area contributed by atoms with Crippen LogP contribution < -0.4 is 5.73 Å². The lowest BCUT2D eigenvalue weighted by molar-refractivity contribution is 0.337. The molecule has 1 aromatic rings. The van der Waals surface area contributed by atoms with Crippen molar-refractivity contribution < 1.29 is 0 Å². The number of likely N-dealkylation sites (N-methyl/N-ethyl adjacent to an activating group) is 1. The number of nitrogen functional groups attached to an aromatic ring is 1. The summed E-state index contributed by atoms with van der Waals surface area (Å²) in [6.45, 7) is 7.65. The molecule has 0 fully saturated rings. The van der Waals surface area contributed by atoms with Gasteiger partial charge in [-0.2, -0.15) is 0 Å². The topological polar surface area (TPSA) is 29.3 Å². The van der Waals surface area contributed by atoms with Gasteiger partial charge in [-0.15, -0.1) is 0 Å². The van der Waals surface area contributed by atoms with Crippen LogP contribution in [0.4, 0.5) is 5.69 Å². The predicted molar refractivity (Wildman–Crippen MR) is 71.5 cm³/mol. The largest absolute Gasteiger partial charge is 0.399 e. The highest BCUT2D eigenvalue weighted by Crippen LogP contribution is 2.06. The first kappa shape index (κ1) is 12.8. The van der Waals surface area contributed by atoms with Crippen molar-refractivity contribution in [1.29, 1.82) is 0 Å². The van der Waals surface area contributed by atoms with Crippen LogP contribution in [0.2, 0.25) is 0 Å². The Balaban J connectivity index is 2.33. The molecule has 2 N–H and O–H groups in total. The second-order valence-corrected chi connectivity index (χ2v) is 3.90. The lowest BCUT2D eigenvalue weighted by atomic mass is 10.1. The molecule has 0 aliphatic heterocycles. The summed E-state index contributed by atoms with van der Waals surface area (Å²) in [6, 6.07) is 8.06. The Morgan fingerprint density at radius 2 is 1.69 bits per heavy atom. The van der Waals surface area contributed by atoms with Crippen LogP contribution in [0.3, 0.4) is 0 Å². The van der Waals surface area contributed by atoms with E-state index in [1.54, 1.807) is 0 Å². The second-order valence-electron chi connectivity index (χ2n) is 3.90. The van der Waals surface area contributed by atoms with Gasteiger partial charge in [0, 0.05) is 12.2 Å². The standard InChI is InChI=1S/C14H22N2/c1-3-16(4-2)12-6-5-7-13-8-10-14(15)11-9-13/h5-6,8-11H,3-4,7,12,15H2,1-2H3/b6-5+. The van der Waals surface area contributed by atoms with Crippen LogP contribution in [0, 0.1) is 0 Å². The Morgan fingerprint density at radius 1 is 1.06 bits per heavy atom. The molecule has 0 aliphatic rings. The minimum atomic E-state index is 0.830. The molecule has 1 rings (SSSR count). The SMILES string of the molecule is CCN(CC)C/C=C/Cc1ccc(N)cc1. The molecule has 0 bridgehead atoms. The normalized spacial score (nSPS) is 11.4. The highest BCUT2D eigenvalue weighted by molar-refractivity contribution is 5.39. The number of anilines is 1. The number of rotatable bonds is 6. The number of hydrogen-bond acceptors (Lipinski definition) is 2. The summed E-state index contributed by atoms with van der Waals surface area (Å²) in [4.78, 5) is 2.39. The van der Waals surface area contributed by atoms with Crippen LogP contribution in [-0.4, -0.2) is 24.5 Å². The van der Waals surface area contributed by atoms with Gasteiger partial charge in [0.15, 0.2) is 0 Å². The summed E-state index contributed by atoms with van der Waals surface area (Å²) in [7, 11) is 0. The van der Waals surface area contributed by atoms with Gasteiger partial charge >= 0.3 is 0 Å². The average molecular weight is 218 g/mol. The van der Waals surface area contributed by atoms with Crippen molar-refractivity contribution in [2.24, 2.45) is 0 Å². The third-order valence-corrected chi connectivity index (χ3v) is 2.76. The molecule has 0 saturated heterocycles. The van der Waals surface area contributed by atoms with Crippen molar-refractivity contribution in [3.8, 4) is 0 Å². The molecule has 88 valence electrons. The Hall–Kier alpha value is -1.28. The maximum atomic E-state index is 5.63. The maximum Gasteiger partial charge on any atom is 0.0314 e. The van der Waals surface area contributed by atoms with Crippen LogP contribution in [0.5, 0.6) is 0 Å². The van der Waals surface area contributed by atoms with Gasteiger partial charge in [-0.25, -0.2) is 0 Å². The quantitative estimate of drug-likeness (QED) is 0.587. The molecule has 2 heteroatoms. The van der Waals surface area contributed by atoms with Gasteiger partial charge in [-0.1, -0.05) is 38.1 Å². The molecule has 0 saturated carbocycles. The van der Waals surface area contributed by atoms with Crippen molar-refractivity contribution >= 4 is 5.69 Å². The van der Waals surface area contributed by atoms with E-state index >= 15 is 0 Å². The molecule has 1 aromatic carbocycles. The van der Waals surface area contributed by atoms with E-state index in [9.17, 15) is 0 Å². The molecular formula is C14H22N2. The van der Waals surface area contributed by atoms with Gasteiger partial charge in [-0.05, 0) is 37.2 Å². The zero-order valence-electron chi connectivity index (χ0n) is 10.3. The highest BCUT2D eigenvalue weighted by Gasteiger charge is 1.93. The third-order valence-electron chi connectivity index (χ3n) is 2.76. The Bertz CT molecular complexity index is 310. The van der Waals surface area contributed by atoms with E-state index in [1.165, 1.54) is 5.56 Å². The van der Waals surface area contributed by atoms with E-state index in [0.717, 1.165) is 31.7 Å². The van der Waals surface area contributed by atoms with Crippen molar-refractivity contribution in [2.75, 3.05) is 25.4 Å². The fourth-order valence-electron chi connectivity index (χ4n) is 1.58. The van der Waals surface area contributed by atoms with E-state index in [4.69, 9.17) is 5.73 Å². The van der Waals surface area contributed by atoms with Crippen LogP contribution in [-0.2, 0) is 6.42 Å². The van der Waals surface area contributed by atoms with E-state index in [1.807, 2.05) is 12.1 Å². The molecule has 0 heterocycles. The van der Waals surface area contributed by atoms with E-state index in [2.05, 4.69) is 43.0 Å². The molecule has 0 radical (unpaired) electrons. The molecule has 0 aliphatic carbocycles. The minimum absolute atomic E-state index is 0.830. The van der Waals surface area contributed by atoms with Crippen LogP contribution in [0.25, 0.3) is 0 Å². The first-order valence-electron chi connectivity index (χ1n) is 5.98. The van der Waals surface area contributed by atoms with Crippen LogP contribution in [0.1, 0.15) is 19.4 Å². The van der Waals surface area contributed by atoms with E-state index in [-0.39, 0.29) is 0 Å². The fourth-order valence-corrected chi connectivity index (χ4v) is 1.58. The summed E-state index contributed by atoms with van der Waals surface area (Å²) in [5, 5.41) is 0. The number of benzene rings is 1. The van der Waals surface area contributed by atoms with Crippen LogP contribution in [0.15, 0.2) is 36.4 Å². The molecule has 2 nitrogen and oxygen atoms in total. The van der Waals surface area contributed by atoms with Gasteiger partial charge < -0.3 is 10.6 Å². The summed E-state index contributed by atoms with van der Waals surface area (Å²) >= 11 is 0. The molecule has 0 unspecified atom stereocenters. The van der Waals surface area contributed by atoms with E-state index < -0.39 is 0 Å². The number of allylic oxidation sites excluding steroid dienone is 1. The molecule has 16 heavy (non-hydrogen) atoms. The van der Waals surface area contributed by atoms with Crippen molar-refractivity contribution in [2.45, 2.75) is 20.3 Å². The number of nitrogens with zero attached hydrogens (tertiary/aromatic N) is 1. The summed E-state index contributed by atoms with van der Waals surface area (Å²) < 4.78 is 0. The van der Waals surface area contributed by atoms with Crippen molar-refractivity contribution in [3.05, 3.63) is 42.0 Å². The van der Waals surface area contributed by atoms with Gasteiger partial charge in [0.25, 0.3) is 0 Å². The minimum Gasteiger partial charge on any atom is -0.399 e. The first-order valence-corrected chi connectivity index (χ1v) is 5.98. The monoisotopic (exact) mass is 218 g/mol.